The number of amides is 1. The summed E-state index contributed by atoms with van der Waals surface area (Å²) in [6, 6.07) is 9.78. The van der Waals surface area contributed by atoms with Crippen molar-refractivity contribution in [2.45, 2.75) is 26.3 Å². The van der Waals surface area contributed by atoms with Crippen molar-refractivity contribution < 1.29 is 19.2 Å². The molecule has 1 aliphatic heterocycles. The third-order valence-corrected chi connectivity index (χ3v) is 4.99. The van der Waals surface area contributed by atoms with Crippen LogP contribution in [-0.2, 0) is 14.3 Å². The maximum absolute atomic E-state index is 12.4. The van der Waals surface area contributed by atoms with Crippen LogP contribution < -0.4 is 15.1 Å². The average molecular weight is 348 g/mol. The molecule has 1 aliphatic rings. The Morgan fingerprint density at radius 1 is 1.24 bits per heavy atom. The molecule has 0 bridgehead atoms. The number of methoxy groups -OCH3 is 1. The van der Waals surface area contributed by atoms with E-state index < -0.39 is 6.04 Å². The second kappa shape index (κ2) is 9.42. The van der Waals surface area contributed by atoms with Gasteiger partial charge in [0.25, 0.3) is 5.91 Å². The lowest BCUT2D eigenvalue weighted by molar-refractivity contribution is -0.892. The topological polar surface area (TPSA) is 63.1 Å². The summed E-state index contributed by atoms with van der Waals surface area (Å²) in [6.45, 7) is 8.03. The molecule has 1 heterocycles. The van der Waals surface area contributed by atoms with Crippen molar-refractivity contribution in [3.63, 3.8) is 0 Å². The molecule has 2 N–H and O–H groups in total. The van der Waals surface area contributed by atoms with Gasteiger partial charge < -0.3 is 19.9 Å². The van der Waals surface area contributed by atoms with Crippen LogP contribution in [0.1, 0.15) is 20.3 Å². The number of para-hydroxylation sites is 1. The van der Waals surface area contributed by atoms with Crippen molar-refractivity contribution in [2.24, 2.45) is 5.92 Å². The summed E-state index contributed by atoms with van der Waals surface area (Å²) < 4.78 is 4.82. The van der Waals surface area contributed by atoms with Gasteiger partial charge in [0.05, 0.1) is 33.3 Å². The molecule has 0 aliphatic carbocycles. The van der Waals surface area contributed by atoms with Gasteiger partial charge in [-0.2, -0.15) is 0 Å². The summed E-state index contributed by atoms with van der Waals surface area (Å²) in [4.78, 5) is 27.8. The molecule has 1 amide bonds. The lowest BCUT2D eigenvalue weighted by Crippen LogP contribution is -3.16. The van der Waals surface area contributed by atoms with Crippen molar-refractivity contribution in [1.82, 2.24) is 5.32 Å². The van der Waals surface area contributed by atoms with Crippen LogP contribution in [0.2, 0.25) is 0 Å². The molecule has 138 valence electrons. The van der Waals surface area contributed by atoms with E-state index in [0.29, 0.717) is 6.54 Å². The van der Waals surface area contributed by atoms with Gasteiger partial charge in [-0.15, -0.1) is 0 Å². The molecule has 1 fully saturated rings. The number of carbonyl (C=O) groups excluding carboxylic acids is 2. The fourth-order valence-corrected chi connectivity index (χ4v) is 3.14. The van der Waals surface area contributed by atoms with Crippen LogP contribution >= 0.6 is 0 Å². The normalized spacial score (nSPS) is 17.6. The third kappa shape index (κ3) is 5.46. The molecule has 1 saturated heterocycles. The number of anilines is 1. The number of hydrogen-bond acceptors (Lipinski definition) is 4. The van der Waals surface area contributed by atoms with Crippen LogP contribution in [0.4, 0.5) is 5.69 Å². The lowest BCUT2D eigenvalue weighted by Gasteiger charge is -2.33. The molecule has 0 spiro atoms. The zero-order chi connectivity index (χ0) is 18.2. The summed E-state index contributed by atoms with van der Waals surface area (Å²) in [5, 5.41) is 2.86. The van der Waals surface area contributed by atoms with Crippen molar-refractivity contribution >= 4 is 17.6 Å². The van der Waals surface area contributed by atoms with Crippen LogP contribution in [0.15, 0.2) is 30.3 Å². The number of nitrogens with one attached hydrogen (secondary N) is 2. The summed E-state index contributed by atoms with van der Waals surface area (Å²) in [6.07, 6.45) is 0.808. The Morgan fingerprint density at radius 3 is 2.44 bits per heavy atom. The Hall–Kier alpha value is -2.08. The van der Waals surface area contributed by atoms with E-state index in [1.807, 2.05) is 32.0 Å². The lowest BCUT2D eigenvalue weighted by atomic mass is 9.99. The standard InChI is InChI=1S/C19H29N3O3/c1-4-15(2)18(19(24)25-3)20-17(23)14-21-10-12-22(13-11-21)16-8-6-5-7-9-16/h5-9,15,18H,4,10-14H2,1-3H3,(H,20,23)/p+1/t15-,18-/m1/s1. The Morgan fingerprint density at radius 2 is 1.88 bits per heavy atom. The fraction of sp³-hybridized carbons (Fsp3) is 0.579. The molecule has 1 aromatic carbocycles. The van der Waals surface area contributed by atoms with Gasteiger partial charge in [0, 0.05) is 5.69 Å². The molecular formula is C19H30N3O3+. The largest absolute Gasteiger partial charge is 0.467 e. The maximum Gasteiger partial charge on any atom is 0.328 e. The third-order valence-electron chi connectivity index (χ3n) is 4.99. The van der Waals surface area contributed by atoms with Gasteiger partial charge in [0.15, 0.2) is 6.54 Å². The van der Waals surface area contributed by atoms with Crippen LogP contribution in [0.3, 0.4) is 0 Å². The summed E-state index contributed by atoms with van der Waals surface area (Å²) >= 11 is 0. The predicted molar refractivity (Wildman–Crippen MR) is 97.6 cm³/mol. The van der Waals surface area contributed by atoms with Gasteiger partial charge in [-0.1, -0.05) is 38.5 Å². The van der Waals surface area contributed by atoms with Crippen LogP contribution in [0, 0.1) is 5.92 Å². The second-order valence-corrected chi connectivity index (χ2v) is 6.70. The first-order valence-electron chi connectivity index (χ1n) is 9.05. The van der Waals surface area contributed by atoms with E-state index in [2.05, 4.69) is 22.3 Å². The second-order valence-electron chi connectivity index (χ2n) is 6.70. The molecular weight excluding hydrogens is 318 g/mol. The van der Waals surface area contributed by atoms with Gasteiger partial charge in [-0.05, 0) is 18.1 Å². The summed E-state index contributed by atoms with van der Waals surface area (Å²) in [5.74, 6) is -0.396. The summed E-state index contributed by atoms with van der Waals surface area (Å²) in [5.41, 5.74) is 1.23. The Balaban J connectivity index is 1.82. The van der Waals surface area contributed by atoms with Crippen molar-refractivity contribution in [2.75, 3.05) is 44.7 Å². The average Bonchev–Trinajstić information content (AvgIpc) is 2.66. The highest BCUT2D eigenvalue weighted by Gasteiger charge is 2.29. The minimum Gasteiger partial charge on any atom is -0.467 e. The maximum atomic E-state index is 12.4. The smallest absolute Gasteiger partial charge is 0.328 e. The molecule has 0 unspecified atom stereocenters. The zero-order valence-electron chi connectivity index (χ0n) is 15.5. The molecule has 6 nitrogen and oxygen atoms in total. The van der Waals surface area contributed by atoms with Gasteiger partial charge >= 0.3 is 5.97 Å². The fourth-order valence-electron chi connectivity index (χ4n) is 3.14. The Kier molecular flexibility index (Phi) is 7.25. The van der Waals surface area contributed by atoms with Gasteiger partial charge in [0.1, 0.15) is 6.04 Å². The monoisotopic (exact) mass is 348 g/mol. The summed E-state index contributed by atoms with van der Waals surface area (Å²) in [7, 11) is 1.36. The first-order chi connectivity index (χ1) is 12.0. The number of esters is 1. The van der Waals surface area contributed by atoms with E-state index in [4.69, 9.17) is 4.74 Å². The molecule has 0 radical (unpaired) electrons. The molecule has 6 heteroatoms. The van der Waals surface area contributed by atoms with E-state index in [-0.39, 0.29) is 17.8 Å². The number of benzene rings is 1. The van der Waals surface area contributed by atoms with E-state index in [1.165, 1.54) is 17.7 Å². The van der Waals surface area contributed by atoms with Crippen molar-refractivity contribution in [3.8, 4) is 0 Å². The number of carbonyl (C=O) groups is 2. The van der Waals surface area contributed by atoms with Crippen LogP contribution in [0.5, 0.6) is 0 Å². The highest BCUT2D eigenvalue weighted by molar-refractivity contribution is 5.85. The molecule has 0 aromatic heterocycles. The highest BCUT2D eigenvalue weighted by atomic mass is 16.5. The molecule has 25 heavy (non-hydrogen) atoms. The number of hydrogen-bond donors (Lipinski definition) is 2. The van der Waals surface area contributed by atoms with E-state index in [1.54, 1.807) is 0 Å². The molecule has 2 rings (SSSR count). The molecule has 0 saturated carbocycles. The van der Waals surface area contributed by atoms with Crippen molar-refractivity contribution in [1.29, 1.82) is 0 Å². The minimum absolute atomic E-state index is 0.0568. The van der Waals surface area contributed by atoms with Gasteiger partial charge in [-0.25, -0.2) is 4.79 Å². The SMILES string of the molecule is CC[C@@H](C)[C@@H](NC(=O)C[NH+]1CCN(c2ccccc2)CC1)C(=O)OC. The minimum atomic E-state index is -0.562. The number of quaternary nitrogens is 1. The number of ether oxygens (including phenoxy) is 1. The quantitative estimate of drug-likeness (QED) is 0.686. The van der Waals surface area contributed by atoms with Crippen molar-refractivity contribution in [3.05, 3.63) is 30.3 Å². The first kappa shape index (κ1) is 19.2. The Bertz CT molecular complexity index is 556. The number of piperazine rings is 1. The van der Waals surface area contributed by atoms with E-state index in [0.717, 1.165) is 32.6 Å². The van der Waals surface area contributed by atoms with Crippen LogP contribution in [-0.4, -0.2) is 57.8 Å². The predicted octanol–water partition coefficient (Wildman–Crippen LogP) is 0.0954. The Labute approximate surface area is 150 Å². The molecule has 2 atom stereocenters. The molecule has 1 aromatic rings. The number of nitrogens with zero attached hydrogens (tertiary/aromatic N) is 1. The highest BCUT2D eigenvalue weighted by Crippen LogP contribution is 2.12. The van der Waals surface area contributed by atoms with Crippen LogP contribution in [0.25, 0.3) is 0 Å². The zero-order valence-corrected chi connectivity index (χ0v) is 15.5. The van der Waals surface area contributed by atoms with E-state index in [9.17, 15) is 9.59 Å². The first-order valence-corrected chi connectivity index (χ1v) is 9.05. The number of rotatable bonds is 7. The van der Waals surface area contributed by atoms with Gasteiger partial charge in [-0.3, -0.25) is 4.79 Å². The van der Waals surface area contributed by atoms with E-state index >= 15 is 0 Å². The van der Waals surface area contributed by atoms with Gasteiger partial charge in [0.2, 0.25) is 0 Å².